The van der Waals surface area contributed by atoms with Gasteiger partial charge in [0.25, 0.3) is 10.0 Å². The van der Waals surface area contributed by atoms with E-state index in [9.17, 15) is 8.42 Å². The molecule has 2 aliphatic heterocycles. The fourth-order valence-corrected chi connectivity index (χ4v) is 4.79. The Morgan fingerprint density at radius 3 is 2.80 bits per heavy atom. The number of hydrogen-bond acceptors (Lipinski definition) is 4. The van der Waals surface area contributed by atoms with Gasteiger partial charge in [0.1, 0.15) is 0 Å². The van der Waals surface area contributed by atoms with Crippen LogP contribution in [0.5, 0.6) is 0 Å². The molecule has 4 rings (SSSR count). The second kappa shape index (κ2) is 6.35. The lowest BCUT2D eigenvalue weighted by Crippen LogP contribution is -2.25. The Bertz CT molecular complexity index is 909. The summed E-state index contributed by atoms with van der Waals surface area (Å²) in [6.45, 7) is 2.78. The van der Waals surface area contributed by atoms with Crippen LogP contribution < -0.4 is 14.9 Å². The van der Waals surface area contributed by atoms with E-state index in [-0.39, 0.29) is 0 Å². The Morgan fingerprint density at radius 1 is 1.04 bits per heavy atom. The molecular weight excluding hydrogens is 334 g/mol. The van der Waals surface area contributed by atoms with Crippen LogP contribution in [0.25, 0.3) is 0 Å². The maximum Gasteiger partial charge on any atom is 0.261 e. The molecule has 2 heterocycles. The van der Waals surface area contributed by atoms with Gasteiger partial charge in [-0.2, -0.15) is 0 Å². The topological polar surface area (TPSA) is 61.4 Å². The van der Waals surface area contributed by atoms with Crippen LogP contribution in [0.15, 0.2) is 41.3 Å². The van der Waals surface area contributed by atoms with E-state index in [2.05, 4.69) is 14.9 Å². The first-order chi connectivity index (χ1) is 12.0. The smallest absolute Gasteiger partial charge is 0.261 e. The summed E-state index contributed by atoms with van der Waals surface area (Å²) in [6, 6.07) is 11.2. The van der Waals surface area contributed by atoms with Crippen LogP contribution in [0.3, 0.4) is 0 Å². The first-order valence-electron chi connectivity index (χ1n) is 8.72. The minimum Gasteiger partial charge on any atom is -0.374 e. The van der Waals surface area contributed by atoms with Crippen LogP contribution >= 0.6 is 0 Å². The molecule has 2 N–H and O–H groups in total. The maximum absolute atomic E-state index is 12.8. The first-order valence-corrected chi connectivity index (χ1v) is 10.2. The Labute approximate surface area is 149 Å². The van der Waals surface area contributed by atoms with Crippen LogP contribution in [0, 0.1) is 0 Å². The average molecular weight is 357 g/mol. The van der Waals surface area contributed by atoms with Gasteiger partial charge in [0.15, 0.2) is 0 Å². The van der Waals surface area contributed by atoms with Crippen LogP contribution in [0.4, 0.5) is 11.4 Å². The molecule has 25 heavy (non-hydrogen) atoms. The Balaban J connectivity index is 1.62. The van der Waals surface area contributed by atoms with E-state index in [1.165, 1.54) is 11.1 Å². The number of fused-ring (bicyclic) bond motifs is 2. The zero-order chi connectivity index (χ0) is 17.4. The largest absolute Gasteiger partial charge is 0.374 e. The van der Waals surface area contributed by atoms with Crippen molar-refractivity contribution in [1.82, 2.24) is 5.32 Å². The van der Waals surface area contributed by atoms with Crippen molar-refractivity contribution in [3.8, 4) is 0 Å². The molecule has 0 amide bonds. The van der Waals surface area contributed by atoms with E-state index in [0.29, 0.717) is 10.6 Å². The molecule has 6 heteroatoms. The molecule has 0 spiro atoms. The third-order valence-corrected chi connectivity index (χ3v) is 6.44. The first kappa shape index (κ1) is 16.4. The molecule has 0 atom stereocenters. The van der Waals surface area contributed by atoms with Crippen molar-refractivity contribution in [2.24, 2.45) is 0 Å². The maximum atomic E-state index is 12.8. The molecule has 132 valence electrons. The third-order valence-electron chi connectivity index (χ3n) is 5.06. The van der Waals surface area contributed by atoms with Crippen LogP contribution in [0.2, 0.25) is 0 Å². The Morgan fingerprint density at radius 2 is 1.92 bits per heavy atom. The SMILES string of the molecule is CN1CCCc2cc(S(=O)(=O)Nc3ccc4c(c3)CNCC4)ccc21. The van der Waals surface area contributed by atoms with Gasteiger partial charge in [-0.25, -0.2) is 8.42 Å². The molecule has 2 aliphatic rings. The second-order valence-electron chi connectivity index (χ2n) is 6.83. The summed E-state index contributed by atoms with van der Waals surface area (Å²) < 4.78 is 28.3. The Kier molecular flexibility index (Phi) is 4.17. The standard InChI is InChI=1S/C19H23N3O2S/c1-22-10-2-3-15-12-18(6-7-19(15)22)25(23,24)21-17-5-4-14-8-9-20-13-16(14)11-17/h4-7,11-12,20-21H,2-3,8-10,13H2,1H3. The molecule has 0 aromatic heterocycles. The van der Waals surface area contributed by atoms with Crippen molar-refractivity contribution < 1.29 is 8.42 Å². The zero-order valence-electron chi connectivity index (χ0n) is 14.4. The van der Waals surface area contributed by atoms with Crippen LogP contribution in [-0.4, -0.2) is 28.6 Å². The zero-order valence-corrected chi connectivity index (χ0v) is 15.2. The number of nitrogens with zero attached hydrogens (tertiary/aromatic N) is 1. The van der Waals surface area contributed by atoms with Gasteiger partial charge in [-0.05, 0) is 72.8 Å². The summed E-state index contributed by atoms with van der Waals surface area (Å²) >= 11 is 0. The summed E-state index contributed by atoms with van der Waals surface area (Å²) in [4.78, 5) is 2.51. The van der Waals surface area contributed by atoms with E-state index in [1.807, 2.05) is 37.4 Å². The van der Waals surface area contributed by atoms with Crippen molar-refractivity contribution in [3.63, 3.8) is 0 Å². The summed E-state index contributed by atoms with van der Waals surface area (Å²) in [5, 5.41) is 3.32. The van der Waals surface area contributed by atoms with Gasteiger partial charge in [0.05, 0.1) is 4.90 Å². The number of aryl methyl sites for hydroxylation is 1. The minimum atomic E-state index is -3.58. The number of anilines is 2. The highest BCUT2D eigenvalue weighted by atomic mass is 32.2. The van der Waals surface area contributed by atoms with Gasteiger partial charge < -0.3 is 10.2 Å². The molecule has 0 saturated carbocycles. The molecule has 0 aliphatic carbocycles. The molecule has 0 unspecified atom stereocenters. The summed E-state index contributed by atoms with van der Waals surface area (Å²) in [7, 11) is -1.53. The van der Waals surface area contributed by atoms with E-state index in [0.717, 1.165) is 50.1 Å². The van der Waals surface area contributed by atoms with Gasteiger partial charge in [-0.15, -0.1) is 0 Å². The fourth-order valence-electron chi connectivity index (χ4n) is 3.69. The lowest BCUT2D eigenvalue weighted by atomic mass is 10.0. The number of sulfonamides is 1. The quantitative estimate of drug-likeness (QED) is 0.886. The van der Waals surface area contributed by atoms with E-state index < -0.39 is 10.0 Å². The molecule has 0 bridgehead atoms. The van der Waals surface area contributed by atoms with Crippen molar-refractivity contribution in [1.29, 1.82) is 0 Å². The average Bonchev–Trinajstić information content (AvgIpc) is 2.61. The third kappa shape index (κ3) is 3.24. The monoisotopic (exact) mass is 357 g/mol. The molecule has 2 aromatic carbocycles. The van der Waals surface area contributed by atoms with Gasteiger partial charge in [-0.3, -0.25) is 4.72 Å². The van der Waals surface area contributed by atoms with Crippen molar-refractivity contribution in [2.45, 2.75) is 30.7 Å². The van der Waals surface area contributed by atoms with Crippen LogP contribution in [-0.2, 0) is 29.4 Å². The number of rotatable bonds is 3. The van der Waals surface area contributed by atoms with Gasteiger partial charge in [0, 0.05) is 31.5 Å². The number of benzene rings is 2. The number of nitrogens with one attached hydrogen (secondary N) is 2. The molecule has 2 aromatic rings. The van der Waals surface area contributed by atoms with Gasteiger partial charge >= 0.3 is 0 Å². The normalized spacial score (nSPS) is 16.9. The predicted octanol–water partition coefficient (Wildman–Crippen LogP) is 2.52. The molecule has 0 saturated heterocycles. The highest BCUT2D eigenvalue weighted by molar-refractivity contribution is 7.92. The number of hydrogen-bond donors (Lipinski definition) is 2. The summed E-state index contributed by atoms with van der Waals surface area (Å²) in [5.41, 5.74) is 5.31. The second-order valence-corrected chi connectivity index (χ2v) is 8.51. The fraction of sp³-hybridized carbons (Fsp3) is 0.368. The summed E-state index contributed by atoms with van der Waals surface area (Å²) in [6.07, 6.45) is 2.96. The highest BCUT2D eigenvalue weighted by Crippen LogP contribution is 2.29. The van der Waals surface area contributed by atoms with E-state index in [4.69, 9.17) is 0 Å². The molecular formula is C19H23N3O2S. The van der Waals surface area contributed by atoms with Crippen molar-refractivity contribution >= 4 is 21.4 Å². The van der Waals surface area contributed by atoms with Crippen molar-refractivity contribution in [2.75, 3.05) is 29.8 Å². The van der Waals surface area contributed by atoms with E-state index in [1.54, 1.807) is 6.07 Å². The lowest BCUT2D eigenvalue weighted by Gasteiger charge is -2.27. The van der Waals surface area contributed by atoms with Gasteiger partial charge in [-0.1, -0.05) is 6.07 Å². The molecule has 0 radical (unpaired) electrons. The lowest BCUT2D eigenvalue weighted by molar-refractivity contribution is 0.600. The molecule has 0 fully saturated rings. The van der Waals surface area contributed by atoms with Crippen molar-refractivity contribution in [3.05, 3.63) is 53.1 Å². The highest BCUT2D eigenvalue weighted by Gasteiger charge is 2.20. The summed E-state index contributed by atoms with van der Waals surface area (Å²) in [5.74, 6) is 0. The minimum absolute atomic E-state index is 0.331. The predicted molar refractivity (Wildman–Crippen MR) is 101 cm³/mol. The van der Waals surface area contributed by atoms with Crippen LogP contribution in [0.1, 0.15) is 23.1 Å². The Hall–Kier alpha value is -2.05. The van der Waals surface area contributed by atoms with Gasteiger partial charge in [0.2, 0.25) is 0 Å². The van der Waals surface area contributed by atoms with E-state index >= 15 is 0 Å². The molecule has 5 nitrogen and oxygen atoms in total.